The lowest BCUT2D eigenvalue weighted by Crippen LogP contribution is -2.06. The molecule has 0 amide bonds. The van der Waals surface area contributed by atoms with Gasteiger partial charge in [-0.15, -0.1) is 0 Å². The fourth-order valence-corrected chi connectivity index (χ4v) is 3.26. The number of aryl methyl sites for hydroxylation is 5. The second-order valence-electron chi connectivity index (χ2n) is 6.68. The molecule has 3 rings (SSSR count). The van der Waals surface area contributed by atoms with E-state index in [-0.39, 0.29) is 0 Å². The minimum absolute atomic E-state index is 0.297. The van der Waals surface area contributed by atoms with E-state index in [2.05, 4.69) is 23.3 Å². The molecule has 27 heavy (non-hydrogen) atoms. The molecule has 3 aromatic rings. The maximum absolute atomic E-state index is 14.1. The zero-order chi connectivity index (χ0) is 19.6. The van der Waals surface area contributed by atoms with E-state index in [1.807, 2.05) is 45.0 Å². The second kappa shape index (κ2) is 7.75. The third-order valence-corrected chi connectivity index (χ3v) is 4.50. The first-order chi connectivity index (χ1) is 12.9. The topological polar surface area (TPSA) is 17.8 Å². The Balaban J connectivity index is 1.90. The van der Waals surface area contributed by atoms with Crippen LogP contribution in [-0.4, -0.2) is 9.55 Å². The van der Waals surface area contributed by atoms with Gasteiger partial charge in [0.15, 0.2) is 11.6 Å². The molecule has 0 bridgehead atoms. The molecule has 0 aliphatic heterocycles. The minimum Gasteiger partial charge on any atom is -0.303 e. The van der Waals surface area contributed by atoms with Gasteiger partial charge in [-0.1, -0.05) is 11.8 Å². The highest BCUT2D eigenvalue weighted by Gasteiger charge is 2.12. The first-order valence-corrected chi connectivity index (χ1v) is 8.78. The zero-order valence-corrected chi connectivity index (χ0v) is 15.7. The Hall–Kier alpha value is -2.93. The number of halogens is 2. The van der Waals surface area contributed by atoms with Crippen LogP contribution in [0.4, 0.5) is 8.78 Å². The lowest BCUT2D eigenvalue weighted by Gasteiger charge is -2.12. The average Bonchev–Trinajstić information content (AvgIpc) is 2.95. The van der Waals surface area contributed by atoms with E-state index < -0.39 is 11.6 Å². The van der Waals surface area contributed by atoms with Crippen LogP contribution in [0, 0.1) is 51.2 Å². The maximum Gasteiger partial charge on any atom is 0.162 e. The zero-order valence-electron chi connectivity index (χ0n) is 15.7. The predicted octanol–water partition coefficient (Wildman–Crippen LogP) is 5.05. The molecule has 1 radical (unpaired) electrons. The molecule has 2 nitrogen and oxygen atoms in total. The Bertz CT molecular complexity index is 1030. The van der Waals surface area contributed by atoms with Crippen LogP contribution in [0.25, 0.3) is 5.82 Å². The Labute approximate surface area is 158 Å². The highest BCUT2D eigenvalue weighted by Crippen LogP contribution is 2.20. The van der Waals surface area contributed by atoms with Crippen molar-refractivity contribution in [3.8, 4) is 17.7 Å². The molecule has 0 aliphatic carbocycles. The molecule has 0 unspecified atom stereocenters. The third kappa shape index (κ3) is 4.09. The number of rotatable bonds is 4. The summed E-state index contributed by atoms with van der Waals surface area (Å²) in [6.45, 7) is 9.50. The fraction of sp³-hybridized carbons (Fsp3) is 0.217. The number of pyridine rings is 1. The van der Waals surface area contributed by atoms with Gasteiger partial charge in [-0.25, -0.2) is 13.8 Å². The summed E-state index contributed by atoms with van der Waals surface area (Å²) in [4.78, 5) is 4.73. The summed E-state index contributed by atoms with van der Waals surface area (Å²) in [6, 6.07) is 10.8. The van der Waals surface area contributed by atoms with Crippen molar-refractivity contribution in [3.63, 3.8) is 0 Å². The molecule has 2 heterocycles. The van der Waals surface area contributed by atoms with Crippen molar-refractivity contribution in [2.24, 2.45) is 0 Å². The van der Waals surface area contributed by atoms with Crippen LogP contribution in [-0.2, 0) is 12.8 Å². The third-order valence-electron chi connectivity index (χ3n) is 4.50. The van der Waals surface area contributed by atoms with Gasteiger partial charge in [-0.3, -0.25) is 0 Å². The van der Waals surface area contributed by atoms with Crippen molar-refractivity contribution in [1.82, 2.24) is 9.55 Å². The molecule has 0 fully saturated rings. The van der Waals surface area contributed by atoms with Crippen molar-refractivity contribution in [1.29, 1.82) is 0 Å². The van der Waals surface area contributed by atoms with Crippen molar-refractivity contribution in [2.75, 3.05) is 0 Å². The Kier molecular flexibility index (Phi) is 5.41. The standard InChI is InChI=1S/C23H21F2N2/c1-5-6-18-13-19(23(25)21(24)14-18)9-10-20-11-15(2)12-22(26-20)27-16(3)7-8-17(27)4/h7-8,11-14H,1,9-10H2,2-4H3. The SMILES string of the molecule is [CH2]C#Cc1cc(F)c(F)c(CCc2cc(C)cc(-n3c(C)ccc3C)n2)c1. The molecule has 0 N–H and O–H groups in total. The lowest BCUT2D eigenvalue weighted by molar-refractivity contribution is 0.498. The smallest absolute Gasteiger partial charge is 0.162 e. The van der Waals surface area contributed by atoms with Gasteiger partial charge < -0.3 is 4.57 Å². The Morgan fingerprint density at radius 1 is 1.00 bits per heavy atom. The highest BCUT2D eigenvalue weighted by molar-refractivity contribution is 5.40. The van der Waals surface area contributed by atoms with Crippen LogP contribution < -0.4 is 0 Å². The molecule has 0 spiro atoms. The summed E-state index contributed by atoms with van der Waals surface area (Å²) < 4.78 is 30.0. The largest absolute Gasteiger partial charge is 0.303 e. The number of hydrogen-bond acceptors (Lipinski definition) is 1. The molecule has 137 valence electrons. The van der Waals surface area contributed by atoms with E-state index in [9.17, 15) is 8.78 Å². The van der Waals surface area contributed by atoms with E-state index in [1.54, 1.807) is 6.07 Å². The van der Waals surface area contributed by atoms with Crippen LogP contribution in [0.1, 0.15) is 33.8 Å². The minimum atomic E-state index is -0.887. The summed E-state index contributed by atoms with van der Waals surface area (Å²) in [6.07, 6.45) is 0.848. The number of aromatic nitrogens is 2. The second-order valence-corrected chi connectivity index (χ2v) is 6.68. The van der Waals surface area contributed by atoms with Gasteiger partial charge in [-0.05, 0) is 81.1 Å². The van der Waals surface area contributed by atoms with Crippen LogP contribution in [0.15, 0.2) is 36.4 Å². The lowest BCUT2D eigenvalue weighted by atomic mass is 10.0. The first kappa shape index (κ1) is 18.8. The fourth-order valence-electron chi connectivity index (χ4n) is 3.26. The average molecular weight is 363 g/mol. The van der Waals surface area contributed by atoms with Gasteiger partial charge in [0.2, 0.25) is 0 Å². The van der Waals surface area contributed by atoms with Crippen LogP contribution in [0.2, 0.25) is 0 Å². The molecule has 4 heteroatoms. The van der Waals surface area contributed by atoms with Gasteiger partial charge in [0.05, 0.1) is 0 Å². The van der Waals surface area contributed by atoms with E-state index in [1.165, 1.54) is 0 Å². The summed E-state index contributed by atoms with van der Waals surface area (Å²) in [5.41, 5.74) is 4.84. The van der Waals surface area contributed by atoms with Gasteiger partial charge >= 0.3 is 0 Å². The van der Waals surface area contributed by atoms with Gasteiger partial charge in [0, 0.05) is 29.6 Å². The van der Waals surface area contributed by atoms with Gasteiger partial charge in [0.25, 0.3) is 0 Å². The van der Waals surface area contributed by atoms with Crippen molar-refractivity contribution < 1.29 is 8.78 Å². The van der Waals surface area contributed by atoms with Crippen LogP contribution >= 0.6 is 0 Å². The quantitative estimate of drug-likeness (QED) is 0.594. The molecule has 0 aliphatic rings. The number of nitrogens with zero attached hydrogens (tertiary/aromatic N) is 2. The normalized spacial score (nSPS) is 10.6. The summed E-state index contributed by atoms with van der Waals surface area (Å²) in [5.74, 6) is 4.27. The molecule has 0 saturated heterocycles. The molecule has 2 aromatic heterocycles. The molecule has 1 aromatic carbocycles. The van der Waals surface area contributed by atoms with Crippen molar-refractivity contribution in [2.45, 2.75) is 33.6 Å². The van der Waals surface area contributed by atoms with Crippen LogP contribution in [0.3, 0.4) is 0 Å². The summed E-state index contributed by atoms with van der Waals surface area (Å²) >= 11 is 0. The van der Waals surface area contributed by atoms with Gasteiger partial charge in [-0.2, -0.15) is 0 Å². The van der Waals surface area contributed by atoms with E-state index >= 15 is 0 Å². The maximum atomic E-state index is 14.1. The molecular weight excluding hydrogens is 342 g/mol. The monoisotopic (exact) mass is 363 g/mol. The number of hydrogen-bond donors (Lipinski definition) is 0. The highest BCUT2D eigenvalue weighted by atomic mass is 19.2. The van der Waals surface area contributed by atoms with Crippen LogP contribution in [0.5, 0.6) is 0 Å². The molecule has 0 atom stereocenters. The Morgan fingerprint density at radius 2 is 1.70 bits per heavy atom. The summed E-state index contributed by atoms with van der Waals surface area (Å²) in [7, 11) is 0. The molecule has 0 saturated carbocycles. The van der Waals surface area contributed by atoms with Crippen molar-refractivity contribution in [3.05, 3.63) is 88.7 Å². The van der Waals surface area contributed by atoms with Crippen molar-refractivity contribution >= 4 is 0 Å². The summed E-state index contributed by atoms with van der Waals surface area (Å²) in [5, 5.41) is 0. The van der Waals surface area contributed by atoms with E-state index in [4.69, 9.17) is 4.98 Å². The first-order valence-electron chi connectivity index (χ1n) is 8.78. The van der Waals surface area contributed by atoms with Gasteiger partial charge in [0.1, 0.15) is 5.82 Å². The van der Waals surface area contributed by atoms with E-state index in [0.29, 0.717) is 24.0 Å². The predicted molar refractivity (Wildman–Crippen MR) is 104 cm³/mol. The van der Waals surface area contributed by atoms with E-state index in [0.717, 1.165) is 34.5 Å². The molecular formula is C23H21F2N2. The number of benzene rings is 1. The Morgan fingerprint density at radius 3 is 2.37 bits per heavy atom.